The van der Waals surface area contributed by atoms with Crippen molar-refractivity contribution < 1.29 is 5.11 Å². The molecular weight excluding hydrogens is 380 g/mol. The maximum atomic E-state index is 10.7. The quantitative estimate of drug-likeness (QED) is 0.271. The molecule has 0 radical (unpaired) electrons. The van der Waals surface area contributed by atoms with Crippen molar-refractivity contribution >= 4 is 28.0 Å². The normalized spacial score (nSPS) is 11.8. The highest BCUT2D eigenvalue weighted by atomic mass is 16.3. The zero-order chi connectivity index (χ0) is 20.5. The van der Waals surface area contributed by atoms with Crippen LogP contribution >= 0.6 is 0 Å². The van der Waals surface area contributed by atoms with E-state index in [1.807, 2.05) is 48.5 Å². The van der Waals surface area contributed by atoms with Gasteiger partial charge in [-0.2, -0.15) is 5.21 Å². The minimum atomic E-state index is 0.00317. The number of pyridine rings is 1. The molecule has 0 unspecified atom stereocenters. The van der Waals surface area contributed by atoms with Crippen LogP contribution in [0, 0.1) is 0 Å². The van der Waals surface area contributed by atoms with Crippen molar-refractivity contribution in [2.45, 2.75) is 0 Å². The molecule has 0 fully saturated rings. The van der Waals surface area contributed by atoms with Crippen LogP contribution in [0.1, 0.15) is 11.3 Å². The highest BCUT2D eigenvalue weighted by molar-refractivity contribution is 6.21. The third-order valence-corrected chi connectivity index (χ3v) is 4.66. The molecule has 3 aromatic heterocycles. The molecule has 5 rings (SSSR count). The van der Waals surface area contributed by atoms with Gasteiger partial charge in [0.05, 0.1) is 22.5 Å². The van der Waals surface area contributed by atoms with E-state index in [1.54, 1.807) is 18.3 Å². The number of hydrogen-bond acceptors (Lipinski definition) is 7. The molecule has 0 aliphatic heterocycles. The van der Waals surface area contributed by atoms with E-state index in [4.69, 9.17) is 10.7 Å². The number of nitrogen functional groups attached to an aromatic ring is 1. The number of hydrogen-bond donors (Lipinski definition) is 4. The van der Waals surface area contributed by atoms with E-state index >= 15 is 0 Å². The zero-order valence-electron chi connectivity index (χ0n) is 15.6. The average Bonchev–Trinajstić information content (AvgIpc) is 3.41. The van der Waals surface area contributed by atoms with E-state index in [-0.39, 0.29) is 5.88 Å². The molecule has 30 heavy (non-hydrogen) atoms. The van der Waals surface area contributed by atoms with Gasteiger partial charge in [0.25, 0.3) is 0 Å². The summed E-state index contributed by atoms with van der Waals surface area (Å²) in [7, 11) is 0. The predicted molar refractivity (Wildman–Crippen MR) is 114 cm³/mol. The van der Waals surface area contributed by atoms with Gasteiger partial charge in [0.15, 0.2) is 5.88 Å². The molecule has 0 saturated carbocycles. The van der Waals surface area contributed by atoms with Gasteiger partial charge in [0.2, 0.25) is 5.82 Å². The Labute approximate surface area is 170 Å². The van der Waals surface area contributed by atoms with Gasteiger partial charge in [-0.1, -0.05) is 6.07 Å². The first-order valence-electron chi connectivity index (χ1n) is 9.13. The molecule has 0 saturated heterocycles. The number of nitrogens with zero attached hydrogens (tertiary/aromatic N) is 5. The van der Waals surface area contributed by atoms with Crippen LogP contribution in [0.2, 0.25) is 0 Å². The molecule has 5 N–H and O–H groups in total. The number of benzene rings is 2. The van der Waals surface area contributed by atoms with E-state index in [2.05, 4.69) is 30.6 Å². The second-order valence-corrected chi connectivity index (χ2v) is 6.61. The highest BCUT2D eigenvalue weighted by Crippen LogP contribution is 2.32. The fourth-order valence-corrected chi connectivity index (χ4v) is 3.28. The lowest BCUT2D eigenvalue weighted by molar-refractivity contribution is 0.457. The molecule has 9 heteroatoms. The standard InChI is InChI=1S/C21H16N8O/c22-13-6-9-15-17(11-13)25-21(30)18(15)19(16-3-1-2-10-23-16)24-14-7-4-12(5-8-14)20-26-28-29-27-20/h1-11,25,30H,22H2,(H,26,27,28,29). The van der Waals surface area contributed by atoms with Crippen molar-refractivity contribution in [2.75, 3.05) is 5.73 Å². The van der Waals surface area contributed by atoms with Gasteiger partial charge in [-0.05, 0) is 59.8 Å². The van der Waals surface area contributed by atoms with Crippen LogP contribution in [-0.4, -0.2) is 41.4 Å². The number of tetrazole rings is 1. The molecule has 2 aromatic carbocycles. The summed E-state index contributed by atoms with van der Waals surface area (Å²) in [5.74, 6) is 0.505. The number of aromatic hydroxyl groups is 1. The van der Waals surface area contributed by atoms with Crippen molar-refractivity contribution in [1.29, 1.82) is 0 Å². The third kappa shape index (κ3) is 3.14. The second-order valence-electron chi connectivity index (χ2n) is 6.61. The average molecular weight is 396 g/mol. The van der Waals surface area contributed by atoms with E-state index in [1.165, 1.54) is 0 Å². The minimum Gasteiger partial charge on any atom is -0.494 e. The van der Waals surface area contributed by atoms with Crippen molar-refractivity contribution in [3.63, 3.8) is 0 Å². The van der Waals surface area contributed by atoms with Crippen LogP contribution in [0.3, 0.4) is 0 Å². The Morgan fingerprint density at radius 1 is 1.03 bits per heavy atom. The lowest BCUT2D eigenvalue weighted by Crippen LogP contribution is -2.05. The predicted octanol–water partition coefficient (Wildman–Crippen LogP) is 3.20. The molecule has 0 bridgehead atoms. The summed E-state index contributed by atoms with van der Waals surface area (Å²) in [5, 5.41) is 25.4. The Balaban J connectivity index is 1.66. The van der Waals surface area contributed by atoms with Crippen LogP contribution in [0.5, 0.6) is 5.88 Å². The highest BCUT2D eigenvalue weighted by Gasteiger charge is 2.19. The number of H-pyrrole nitrogens is 2. The number of nitrogens with two attached hydrogens (primary N) is 1. The summed E-state index contributed by atoms with van der Waals surface area (Å²) in [6.07, 6.45) is 1.69. The first kappa shape index (κ1) is 17.6. The maximum absolute atomic E-state index is 10.7. The SMILES string of the molecule is Nc1ccc2c(C(=Nc3ccc(-c4nn[nH]n4)cc3)c3ccccn3)c(O)[nH]c2c1. The fourth-order valence-electron chi connectivity index (χ4n) is 3.28. The Morgan fingerprint density at radius 3 is 2.63 bits per heavy atom. The second kappa shape index (κ2) is 7.13. The number of aromatic amines is 2. The zero-order valence-corrected chi connectivity index (χ0v) is 15.6. The monoisotopic (exact) mass is 396 g/mol. The fraction of sp³-hybridized carbons (Fsp3) is 0. The number of aliphatic imine (C=N–C) groups is 1. The van der Waals surface area contributed by atoms with Gasteiger partial charge in [0, 0.05) is 22.8 Å². The Hall–Kier alpha value is -4.53. The van der Waals surface area contributed by atoms with Gasteiger partial charge in [0.1, 0.15) is 5.71 Å². The number of aromatic nitrogens is 6. The van der Waals surface area contributed by atoms with E-state index in [9.17, 15) is 5.11 Å². The third-order valence-electron chi connectivity index (χ3n) is 4.66. The van der Waals surface area contributed by atoms with Crippen molar-refractivity contribution in [2.24, 2.45) is 4.99 Å². The number of rotatable bonds is 4. The number of fused-ring (bicyclic) bond motifs is 1. The maximum Gasteiger partial charge on any atom is 0.204 e. The summed E-state index contributed by atoms with van der Waals surface area (Å²) < 4.78 is 0. The van der Waals surface area contributed by atoms with Gasteiger partial charge in [-0.15, -0.1) is 10.2 Å². The molecule has 0 amide bonds. The first-order chi connectivity index (χ1) is 14.7. The molecule has 0 atom stereocenters. The number of nitrogens with one attached hydrogen (secondary N) is 2. The van der Waals surface area contributed by atoms with Crippen LogP contribution in [0.4, 0.5) is 11.4 Å². The summed E-state index contributed by atoms with van der Waals surface area (Å²) >= 11 is 0. The lowest BCUT2D eigenvalue weighted by atomic mass is 10.0. The minimum absolute atomic E-state index is 0.00317. The Bertz CT molecular complexity index is 1340. The lowest BCUT2D eigenvalue weighted by Gasteiger charge is -2.07. The molecule has 0 spiro atoms. The van der Waals surface area contributed by atoms with Crippen molar-refractivity contribution in [1.82, 2.24) is 30.6 Å². The first-order valence-corrected chi connectivity index (χ1v) is 9.13. The summed E-state index contributed by atoms with van der Waals surface area (Å²) in [6.45, 7) is 0. The number of anilines is 1. The van der Waals surface area contributed by atoms with Crippen molar-refractivity contribution in [3.05, 3.63) is 78.1 Å². The topological polar surface area (TPSA) is 142 Å². The van der Waals surface area contributed by atoms with Gasteiger partial charge in [-0.25, -0.2) is 4.99 Å². The molecule has 5 aromatic rings. The smallest absolute Gasteiger partial charge is 0.204 e. The van der Waals surface area contributed by atoms with Gasteiger partial charge in [-0.3, -0.25) is 4.98 Å². The summed E-state index contributed by atoms with van der Waals surface area (Å²) in [4.78, 5) is 12.2. The molecule has 3 heterocycles. The molecule has 0 aliphatic carbocycles. The van der Waals surface area contributed by atoms with Crippen LogP contribution in [0.25, 0.3) is 22.3 Å². The van der Waals surface area contributed by atoms with Crippen LogP contribution in [-0.2, 0) is 0 Å². The molecular formula is C21H16N8O. The van der Waals surface area contributed by atoms with Gasteiger partial charge >= 0.3 is 0 Å². The molecule has 9 nitrogen and oxygen atoms in total. The Kier molecular flexibility index (Phi) is 4.18. The van der Waals surface area contributed by atoms with Crippen molar-refractivity contribution in [3.8, 4) is 17.3 Å². The summed E-state index contributed by atoms with van der Waals surface area (Å²) in [6, 6.07) is 18.4. The van der Waals surface area contributed by atoms with E-state index in [0.717, 1.165) is 16.5 Å². The Morgan fingerprint density at radius 2 is 1.90 bits per heavy atom. The molecule has 146 valence electrons. The van der Waals surface area contributed by atoms with Crippen LogP contribution in [0.15, 0.2) is 71.9 Å². The van der Waals surface area contributed by atoms with E-state index < -0.39 is 0 Å². The largest absolute Gasteiger partial charge is 0.494 e. The molecule has 0 aliphatic rings. The van der Waals surface area contributed by atoms with Gasteiger partial charge < -0.3 is 15.8 Å². The van der Waals surface area contributed by atoms with E-state index in [0.29, 0.717) is 34.2 Å². The summed E-state index contributed by atoms with van der Waals surface area (Å²) in [5.41, 5.74) is 10.4. The van der Waals surface area contributed by atoms with Crippen LogP contribution < -0.4 is 5.73 Å².